The molecule has 0 aromatic heterocycles. The maximum atomic E-state index is 11.8. The number of fused-ring (bicyclic) bond motifs is 1. The Labute approximate surface area is 87.8 Å². The number of carbonyl (C=O) groups excluding carboxylic acids is 1. The van der Waals surface area contributed by atoms with Crippen LogP contribution in [0.5, 0.6) is 5.75 Å². The summed E-state index contributed by atoms with van der Waals surface area (Å²) in [5, 5.41) is 0. The highest BCUT2D eigenvalue weighted by molar-refractivity contribution is 7.91. The highest BCUT2D eigenvalue weighted by Gasteiger charge is 2.31. The third kappa shape index (κ3) is 1.52. The molecule has 0 fully saturated rings. The lowest BCUT2D eigenvalue weighted by Gasteiger charge is -2.17. The molecule has 0 spiro atoms. The predicted molar refractivity (Wildman–Crippen MR) is 54.0 cm³/mol. The Bertz CT molecular complexity index is 516. The van der Waals surface area contributed by atoms with Crippen molar-refractivity contribution in [1.82, 2.24) is 0 Å². The number of ether oxygens (including phenoxy) is 1. The Morgan fingerprint density at radius 2 is 2.07 bits per heavy atom. The van der Waals surface area contributed by atoms with E-state index in [2.05, 4.69) is 0 Å². The Hall–Kier alpha value is -1.36. The zero-order valence-electron chi connectivity index (χ0n) is 8.19. The first-order valence-electron chi connectivity index (χ1n) is 4.49. The van der Waals surface area contributed by atoms with Crippen molar-refractivity contribution in [3.8, 4) is 5.75 Å². The summed E-state index contributed by atoms with van der Waals surface area (Å²) in [4.78, 5) is 11.6. The molecule has 0 aliphatic carbocycles. The van der Waals surface area contributed by atoms with Crippen LogP contribution in [0.2, 0.25) is 0 Å². The molecule has 1 heterocycles. The van der Waals surface area contributed by atoms with E-state index < -0.39 is 9.84 Å². The molecular formula is C10H10O4S. The van der Waals surface area contributed by atoms with Crippen molar-refractivity contribution >= 4 is 15.6 Å². The molecule has 0 radical (unpaired) electrons. The minimum Gasteiger partial charge on any atom is -0.495 e. The summed E-state index contributed by atoms with van der Waals surface area (Å²) < 4.78 is 28.5. The normalized spacial score (nSPS) is 18.3. The van der Waals surface area contributed by atoms with E-state index in [-0.39, 0.29) is 34.2 Å². The first kappa shape index (κ1) is 10.2. The third-order valence-electron chi connectivity index (χ3n) is 2.41. The number of rotatable bonds is 1. The van der Waals surface area contributed by atoms with E-state index in [1.165, 1.54) is 13.2 Å². The summed E-state index contributed by atoms with van der Waals surface area (Å²) in [7, 11) is -1.97. The highest BCUT2D eigenvalue weighted by atomic mass is 32.2. The van der Waals surface area contributed by atoms with Crippen LogP contribution in [0, 0.1) is 0 Å². The van der Waals surface area contributed by atoms with E-state index in [0.29, 0.717) is 0 Å². The van der Waals surface area contributed by atoms with Crippen molar-refractivity contribution in [2.45, 2.75) is 11.3 Å². The lowest BCUT2D eigenvalue weighted by atomic mass is 10.1. The molecule has 80 valence electrons. The standard InChI is InChI=1S/C10H10O4S/c1-14-9-4-2-3-7-8(11)5-6-15(12,13)10(7)9/h2-4H,5-6H2,1H3. The molecule has 15 heavy (non-hydrogen) atoms. The first-order valence-corrected chi connectivity index (χ1v) is 6.14. The largest absolute Gasteiger partial charge is 0.495 e. The highest BCUT2D eigenvalue weighted by Crippen LogP contribution is 2.32. The molecule has 1 aromatic rings. The van der Waals surface area contributed by atoms with E-state index >= 15 is 0 Å². The number of ketones is 1. The monoisotopic (exact) mass is 226 g/mol. The fourth-order valence-electron chi connectivity index (χ4n) is 1.68. The molecule has 1 aliphatic rings. The van der Waals surface area contributed by atoms with Crippen LogP contribution >= 0.6 is 0 Å². The Kier molecular flexibility index (Phi) is 2.26. The van der Waals surface area contributed by atoms with Crippen LogP contribution < -0.4 is 4.74 Å². The number of hydrogen-bond donors (Lipinski definition) is 0. The summed E-state index contributed by atoms with van der Waals surface area (Å²) in [6.45, 7) is 0. The van der Waals surface area contributed by atoms with Gasteiger partial charge in [0.15, 0.2) is 15.6 Å². The number of sulfone groups is 1. The van der Waals surface area contributed by atoms with Crippen molar-refractivity contribution in [2.24, 2.45) is 0 Å². The number of methoxy groups -OCH3 is 1. The van der Waals surface area contributed by atoms with Crippen molar-refractivity contribution in [1.29, 1.82) is 0 Å². The Morgan fingerprint density at radius 3 is 2.73 bits per heavy atom. The SMILES string of the molecule is COc1cccc2c1S(=O)(=O)CCC2=O. The molecule has 0 unspecified atom stereocenters. The summed E-state index contributed by atoms with van der Waals surface area (Å²) in [6, 6.07) is 4.70. The summed E-state index contributed by atoms with van der Waals surface area (Å²) >= 11 is 0. The van der Waals surface area contributed by atoms with Crippen LogP contribution in [0.1, 0.15) is 16.8 Å². The van der Waals surface area contributed by atoms with E-state index in [4.69, 9.17) is 4.74 Å². The van der Waals surface area contributed by atoms with Gasteiger partial charge in [-0.1, -0.05) is 6.07 Å². The minimum absolute atomic E-state index is 0.0451. The van der Waals surface area contributed by atoms with Gasteiger partial charge in [-0.05, 0) is 12.1 Å². The van der Waals surface area contributed by atoms with Crippen LogP contribution in [-0.2, 0) is 9.84 Å². The molecule has 4 nitrogen and oxygen atoms in total. The van der Waals surface area contributed by atoms with Crippen LogP contribution in [0.15, 0.2) is 23.1 Å². The lowest BCUT2D eigenvalue weighted by Crippen LogP contribution is -2.21. The maximum Gasteiger partial charge on any atom is 0.183 e. The second-order valence-electron chi connectivity index (χ2n) is 3.33. The van der Waals surface area contributed by atoms with E-state index in [1.807, 2.05) is 0 Å². The van der Waals surface area contributed by atoms with Crippen molar-refractivity contribution < 1.29 is 17.9 Å². The van der Waals surface area contributed by atoms with E-state index in [0.717, 1.165) is 0 Å². The smallest absolute Gasteiger partial charge is 0.183 e. The van der Waals surface area contributed by atoms with Gasteiger partial charge < -0.3 is 4.74 Å². The second kappa shape index (κ2) is 3.34. The predicted octanol–water partition coefficient (Wildman–Crippen LogP) is 1.06. The zero-order chi connectivity index (χ0) is 11.1. The van der Waals surface area contributed by atoms with Gasteiger partial charge in [0.2, 0.25) is 0 Å². The van der Waals surface area contributed by atoms with E-state index in [1.54, 1.807) is 12.1 Å². The molecule has 0 amide bonds. The topological polar surface area (TPSA) is 60.4 Å². The van der Waals surface area contributed by atoms with Gasteiger partial charge >= 0.3 is 0 Å². The van der Waals surface area contributed by atoms with Gasteiger partial charge in [0.25, 0.3) is 0 Å². The zero-order valence-corrected chi connectivity index (χ0v) is 9.00. The van der Waals surface area contributed by atoms with Crippen LogP contribution in [0.3, 0.4) is 0 Å². The first-order chi connectivity index (χ1) is 7.06. The molecular weight excluding hydrogens is 216 g/mol. The summed E-state index contributed by atoms with van der Waals surface area (Å²) in [6.07, 6.45) is 0.0580. The molecule has 0 bridgehead atoms. The van der Waals surface area contributed by atoms with Gasteiger partial charge in [0, 0.05) is 12.0 Å². The van der Waals surface area contributed by atoms with Gasteiger partial charge in [-0.3, -0.25) is 4.79 Å². The fourth-order valence-corrected chi connectivity index (χ4v) is 3.31. The molecule has 2 rings (SSSR count). The molecule has 1 aromatic carbocycles. The Morgan fingerprint density at radius 1 is 1.33 bits per heavy atom. The number of Topliss-reactive ketones (excluding diaryl/α,β-unsaturated/α-hetero) is 1. The van der Waals surface area contributed by atoms with Crippen molar-refractivity contribution in [3.63, 3.8) is 0 Å². The average Bonchev–Trinajstić information content (AvgIpc) is 2.23. The number of hydrogen-bond acceptors (Lipinski definition) is 4. The van der Waals surface area contributed by atoms with Gasteiger partial charge in [-0.2, -0.15) is 0 Å². The molecule has 1 aliphatic heterocycles. The molecule has 0 N–H and O–H groups in total. The van der Waals surface area contributed by atoms with Gasteiger partial charge in [0.05, 0.1) is 12.9 Å². The summed E-state index contributed by atoms with van der Waals surface area (Å²) in [5.41, 5.74) is 0.251. The molecule has 0 saturated heterocycles. The molecule has 0 saturated carbocycles. The number of benzene rings is 1. The van der Waals surface area contributed by atoms with Crippen LogP contribution in [0.25, 0.3) is 0 Å². The van der Waals surface area contributed by atoms with Gasteiger partial charge in [0.1, 0.15) is 10.6 Å². The Balaban J connectivity index is 2.79. The van der Waals surface area contributed by atoms with Gasteiger partial charge in [-0.15, -0.1) is 0 Å². The average molecular weight is 226 g/mol. The van der Waals surface area contributed by atoms with Crippen molar-refractivity contribution in [3.05, 3.63) is 23.8 Å². The fraction of sp³-hybridized carbons (Fsp3) is 0.300. The molecule has 0 atom stereocenters. The second-order valence-corrected chi connectivity index (χ2v) is 5.37. The third-order valence-corrected chi connectivity index (χ3v) is 4.19. The molecule has 5 heteroatoms. The lowest BCUT2D eigenvalue weighted by molar-refractivity contribution is 0.0982. The minimum atomic E-state index is -3.36. The van der Waals surface area contributed by atoms with E-state index in [9.17, 15) is 13.2 Å². The quantitative estimate of drug-likeness (QED) is 0.718. The van der Waals surface area contributed by atoms with Crippen LogP contribution in [0.4, 0.5) is 0 Å². The van der Waals surface area contributed by atoms with Crippen molar-refractivity contribution in [2.75, 3.05) is 12.9 Å². The summed E-state index contributed by atoms with van der Waals surface area (Å²) in [5.74, 6) is -0.0153. The maximum absolute atomic E-state index is 11.8. The van der Waals surface area contributed by atoms with Crippen LogP contribution in [-0.4, -0.2) is 27.1 Å². The number of carbonyl (C=O) groups is 1. The van der Waals surface area contributed by atoms with Gasteiger partial charge in [-0.25, -0.2) is 8.42 Å².